The summed E-state index contributed by atoms with van der Waals surface area (Å²) in [6.07, 6.45) is 9.20. The minimum Gasteiger partial charge on any atom is -0.356 e. The fourth-order valence-electron chi connectivity index (χ4n) is 4.78. The van der Waals surface area contributed by atoms with Crippen molar-refractivity contribution in [3.63, 3.8) is 0 Å². The Morgan fingerprint density at radius 1 is 1.08 bits per heavy atom. The van der Waals surface area contributed by atoms with Crippen LogP contribution in [0.2, 0.25) is 0 Å². The van der Waals surface area contributed by atoms with Gasteiger partial charge in [-0.2, -0.15) is 0 Å². The molecule has 2 fully saturated rings. The molecule has 2 amide bonds. The second-order valence-corrected chi connectivity index (χ2v) is 8.69. The summed E-state index contributed by atoms with van der Waals surface area (Å²) >= 11 is 0. The molecule has 0 saturated carbocycles. The molecule has 2 bridgehead atoms. The molecule has 2 aliphatic rings. The van der Waals surface area contributed by atoms with Crippen LogP contribution in [0.15, 0.2) is 0 Å². The predicted octanol–water partition coefficient (Wildman–Crippen LogP) is 4.13. The minimum absolute atomic E-state index is 0.172. The van der Waals surface area contributed by atoms with E-state index in [9.17, 15) is 9.59 Å². The molecule has 0 spiro atoms. The summed E-state index contributed by atoms with van der Waals surface area (Å²) in [6, 6.07) is 0.828. The zero-order valence-electron chi connectivity index (χ0n) is 16.7. The second-order valence-electron chi connectivity index (χ2n) is 8.69. The van der Waals surface area contributed by atoms with E-state index in [1.54, 1.807) is 0 Å². The van der Waals surface area contributed by atoms with Crippen LogP contribution in [0.25, 0.3) is 0 Å². The van der Waals surface area contributed by atoms with Crippen molar-refractivity contribution in [2.45, 2.75) is 97.6 Å². The molecule has 0 radical (unpaired) electrons. The standard InChI is InChI=1S/C21H38N2O2/c1-5-7-16(6-2)13-21(25)23-18-8-9-19(23)12-17(11-18)14-22-20(24)10-15(3)4/h15-19H,5-14H2,1-4H3,(H,22,24)/t16?,17?,18-,19+. The number of hydrogen-bond acceptors (Lipinski definition) is 2. The van der Waals surface area contributed by atoms with Gasteiger partial charge in [-0.3, -0.25) is 9.59 Å². The Hall–Kier alpha value is -1.06. The Bertz CT molecular complexity index is 435. The molecule has 4 atom stereocenters. The number of piperidine rings is 1. The summed E-state index contributed by atoms with van der Waals surface area (Å²) in [6.45, 7) is 9.34. The number of nitrogens with zero attached hydrogens (tertiary/aromatic N) is 1. The summed E-state index contributed by atoms with van der Waals surface area (Å²) in [5.74, 6) is 2.05. The normalized spacial score (nSPS) is 26.8. The first-order valence-electron chi connectivity index (χ1n) is 10.5. The highest BCUT2D eigenvalue weighted by Gasteiger charge is 2.43. The highest BCUT2D eigenvalue weighted by Crippen LogP contribution is 2.39. The van der Waals surface area contributed by atoms with Crippen molar-refractivity contribution in [3.8, 4) is 0 Å². The van der Waals surface area contributed by atoms with Gasteiger partial charge in [-0.15, -0.1) is 0 Å². The van der Waals surface area contributed by atoms with Crippen LogP contribution in [0.3, 0.4) is 0 Å². The Kier molecular flexibility index (Phi) is 7.77. The van der Waals surface area contributed by atoms with Gasteiger partial charge >= 0.3 is 0 Å². The number of nitrogens with one attached hydrogen (secondary N) is 1. The Balaban J connectivity index is 1.83. The number of rotatable bonds is 9. The molecule has 4 heteroatoms. The first-order chi connectivity index (χ1) is 11.9. The molecule has 4 nitrogen and oxygen atoms in total. The molecule has 2 aliphatic heterocycles. The molecule has 144 valence electrons. The van der Waals surface area contributed by atoms with Crippen LogP contribution >= 0.6 is 0 Å². The molecular weight excluding hydrogens is 312 g/mol. The van der Waals surface area contributed by atoms with Crippen LogP contribution in [0.1, 0.15) is 85.5 Å². The van der Waals surface area contributed by atoms with Gasteiger partial charge < -0.3 is 10.2 Å². The van der Waals surface area contributed by atoms with Gasteiger partial charge in [0.2, 0.25) is 11.8 Å². The quantitative estimate of drug-likeness (QED) is 0.679. The van der Waals surface area contributed by atoms with E-state index in [0.29, 0.717) is 42.2 Å². The number of carbonyl (C=O) groups is 2. The van der Waals surface area contributed by atoms with Crippen molar-refractivity contribution in [2.75, 3.05) is 6.54 Å². The highest BCUT2D eigenvalue weighted by molar-refractivity contribution is 5.78. The van der Waals surface area contributed by atoms with Crippen molar-refractivity contribution >= 4 is 11.8 Å². The van der Waals surface area contributed by atoms with Crippen molar-refractivity contribution in [2.24, 2.45) is 17.8 Å². The third-order valence-corrected chi connectivity index (χ3v) is 6.04. The molecule has 0 aromatic carbocycles. The fraction of sp³-hybridized carbons (Fsp3) is 0.905. The van der Waals surface area contributed by atoms with Gasteiger partial charge in [0, 0.05) is 31.5 Å². The number of carbonyl (C=O) groups excluding carboxylic acids is 2. The summed E-state index contributed by atoms with van der Waals surface area (Å²) < 4.78 is 0. The van der Waals surface area contributed by atoms with Crippen LogP contribution < -0.4 is 5.32 Å². The maximum atomic E-state index is 12.9. The van der Waals surface area contributed by atoms with Crippen molar-refractivity contribution in [3.05, 3.63) is 0 Å². The fourth-order valence-corrected chi connectivity index (χ4v) is 4.78. The molecule has 2 rings (SSSR count). The average Bonchev–Trinajstić information content (AvgIpc) is 2.82. The van der Waals surface area contributed by atoms with Crippen molar-refractivity contribution in [1.82, 2.24) is 10.2 Å². The minimum atomic E-state index is 0.172. The van der Waals surface area contributed by atoms with Gasteiger partial charge in [0.25, 0.3) is 0 Å². The van der Waals surface area contributed by atoms with Crippen LogP contribution in [0.5, 0.6) is 0 Å². The maximum Gasteiger partial charge on any atom is 0.223 e. The lowest BCUT2D eigenvalue weighted by molar-refractivity contribution is -0.137. The lowest BCUT2D eigenvalue weighted by Gasteiger charge is -2.39. The summed E-state index contributed by atoms with van der Waals surface area (Å²) in [7, 11) is 0. The van der Waals surface area contributed by atoms with E-state index < -0.39 is 0 Å². The van der Waals surface area contributed by atoms with Crippen LogP contribution in [-0.4, -0.2) is 35.3 Å². The highest BCUT2D eigenvalue weighted by atomic mass is 16.2. The molecule has 25 heavy (non-hydrogen) atoms. The van der Waals surface area contributed by atoms with Crippen molar-refractivity contribution in [1.29, 1.82) is 0 Å². The molecule has 2 saturated heterocycles. The van der Waals surface area contributed by atoms with Gasteiger partial charge in [0.15, 0.2) is 0 Å². The Labute approximate surface area is 154 Å². The molecule has 2 heterocycles. The lowest BCUT2D eigenvalue weighted by Crippen LogP contribution is -2.48. The monoisotopic (exact) mass is 350 g/mol. The number of fused-ring (bicyclic) bond motifs is 2. The van der Waals surface area contributed by atoms with E-state index in [-0.39, 0.29) is 5.91 Å². The van der Waals surface area contributed by atoms with E-state index in [2.05, 4.69) is 37.9 Å². The molecule has 0 aromatic heterocycles. The van der Waals surface area contributed by atoms with E-state index in [1.807, 2.05) is 0 Å². The average molecular weight is 351 g/mol. The van der Waals surface area contributed by atoms with Crippen LogP contribution in [-0.2, 0) is 9.59 Å². The van der Waals surface area contributed by atoms with E-state index in [4.69, 9.17) is 0 Å². The van der Waals surface area contributed by atoms with Crippen LogP contribution in [0, 0.1) is 17.8 Å². The van der Waals surface area contributed by atoms with Gasteiger partial charge in [-0.05, 0) is 43.4 Å². The predicted molar refractivity (Wildman–Crippen MR) is 102 cm³/mol. The third kappa shape index (κ3) is 5.72. The molecule has 1 N–H and O–H groups in total. The number of hydrogen-bond donors (Lipinski definition) is 1. The zero-order valence-corrected chi connectivity index (χ0v) is 16.7. The zero-order chi connectivity index (χ0) is 18.4. The Morgan fingerprint density at radius 2 is 1.72 bits per heavy atom. The topological polar surface area (TPSA) is 49.4 Å². The largest absolute Gasteiger partial charge is 0.356 e. The third-order valence-electron chi connectivity index (χ3n) is 6.04. The van der Waals surface area contributed by atoms with E-state index in [0.717, 1.165) is 57.9 Å². The molecule has 0 aliphatic carbocycles. The smallest absolute Gasteiger partial charge is 0.223 e. The summed E-state index contributed by atoms with van der Waals surface area (Å²) in [4.78, 5) is 27.0. The Morgan fingerprint density at radius 3 is 2.24 bits per heavy atom. The van der Waals surface area contributed by atoms with Gasteiger partial charge in [-0.1, -0.05) is 47.0 Å². The van der Waals surface area contributed by atoms with Gasteiger partial charge in [0.1, 0.15) is 0 Å². The molecule has 2 unspecified atom stereocenters. The summed E-state index contributed by atoms with van der Waals surface area (Å²) in [5.41, 5.74) is 0. The van der Waals surface area contributed by atoms with E-state index >= 15 is 0 Å². The maximum absolute atomic E-state index is 12.9. The lowest BCUT2D eigenvalue weighted by atomic mass is 9.89. The first kappa shape index (κ1) is 20.3. The first-order valence-corrected chi connectivity index (χ1v) is 10.5. The molecule has 0 aromatic rings. The van der Waals surface area contributed by atoms with Gasteiger partial charge in [0.05, 0.1) is 0 Å². The van der Waals surface area contributed by atoms with E-state index in [1.165, 1.54) is 0 Å². The van der Waals surface area contributed by atoms with Gasteiger partial charge in [-0.25, -0.2) is 0 Å². The SMILES string of the molecule is CCCC(CC)CC(=O)N1[C@@H]2CC[C@H]1CC(CNC(=O)CC(C)C)C2. The number of amides is 2. The van der Waals surface area contributed by atoms with Crippen molar-refractivity contribution < 1.29 is 9.59 Å². The summed E-state index contributed by atoms with van der Waals surface area (Å²) in [5, 5.41) is 3.11. The second kappa shape index (κ2) is 9.59. The molecular formula is C21H38N2O2. The van der Waals surface area contributed by atoms with Crippen LogP contribution in [0.4, 0.5) is 0 Å².